The first kappa shape index (κ1) is 13.8. The van der Waals surface area contributed by atoms with Crippen molar-refractivity contribution < 1.29 is 9.59 Å². The largest absolute Gasteiger partial charge is 0.320 e. The van der Waals surface area contributed by atoms with E-state index in [0.29, 0.717) is 22.6 Å². The molecule has 2 amide bonds. The van der Waals surface area contributed by atoms with E-state index in [0.717, 1.165) is 0 Å². The lowest BCUT2D eigenvalue weighted by atomic mass is 10.0. The van der Waals surface area contributed by atoms with Crippen molar-refractivity contribution >= 4 is 40.2 Å². The van der Waals surface area contributed by atoms with Gasteiger partial charge in [0.05, 0.1) is 28.2 Å². The summed E-state index contributed by atoms with van der Waals surface area (Å²) in [4.78, 5) is 26.6. The highest BCUT2D eigenvalue weighted by Crippen LogP contribution is 2.40. The molecule has 0 fully saturated rings. The summed E-state index contributed by atoms with van der Waals surface area (Å²) in [6.07, 6.45) is 0. The molecule has 0 spiro atoms. The van der Waals surface area contributed by atoms with Crippen LogP contribution in [0.2, 0.25) is 0 Å². The number of carbonyl (C=O) groups excluding carboxylic acids is 2. The van der Waals surface area contributed by atoms with Gasteiger partial charge in [-0.2, -0.15) is 0 Å². The molecule has 3 rings (SSSR count). The van der Waals surface area contributed by atoms with E-state index in [1.807, 2.05) is 12.1 Å². The van der Waals surface area contributed by atoms with Gasteiger partial charge in [0.2, 0.25) is 0 Å². The second-order valence-electron chi connectivity index (χ2n) is 5.50. The SMILES string of the molecule is CC(C)(N)C(=O)N1c2ccccc2NC(=O)c2cscc21. The van der Waals surface area contributed by atoms with Gasteiger partial charge in [0.15, 0.2) is 0 Å². The van der Waals surface area contributed by atoms with E-state index in [-0.39, 0.29) is 11.8 Å². The number of hydrogen-bond acceptors (Lipinski definition) is 4. The molecule has 0 unspecified atom stereocenters. The maximum atomic E-state index is 12.8. The van der Waals surface area contributed by atoms with E-state index >= 15 is 0 Å². The molecular weight excluding hydrogens is 286 g/mol. The van der Waals surface area contributed by atoms with E-state index < -0.39 is 5.54 Å². The third-order valence-electron chi connectivity index (χ3n) is 3.27. The van der Waals surface area contributed by atoms with E-state index in [4.69, 9.17) is 5.73 Å². The molecule has 1 aromatic heterocycles. The van der Waals surface area contributed by atoms with Crippen molar-refractivity contribution in [2.75, 3.05) is 10.2 Å². The van der Waals surface area contributed by atoms with Crippen molar-refractivity contribution in [3.05, 3.63) is 40.6 Å². The summed E-state index contributed by atoms with van der Waals surface area (Å²) < 4.78 is 0. The maximum Gasteiger partial charge on any atom is 0.258 e. The number of carbonyl (C=O) groups is 2. The van der Waals surface area contributed by atoms with Gasteiger partial charge in [-0.3, -0.25) is 14.5 Å². The van der Waals surface area contributed by atoms with Crippen LogP contribution in [0.15, 0.2) is 35.0 Å². The smallest absolute Gasteiger partial charge is 0.258 e. The van der Waals surface area contributed by atoms with E-state index in [2.05, 4.69) is 5.32 Å². The zero-order valence-electron chi connectivity index (χ0n) is 11.7. The Balaban J connectivity index is 2.26. The lowest BCUT2D eigenvalue weighted by Crippen LogP contribution is -2.49. The van der Waals surface area contributed by atoms with Crippen LogP contribution in [-0.2, 0) is 4.79 Å². The third kappa shape index (κ3) is 2.22. The molecule has 1 aromatic carbocycles. The van der Waals surface area contributed by atoms with Crippen LogP contribution in [0.3, 0.4) is 0 Å². The molecule has 2 aromatic rings. The number of rotatable bonds is 1. The Bertz CT molecular complexity index is 731. The predicted octanol–water partition coefficient (Wildman–Crippen LogP) is 2.72. The van der Waals surface area contributed by atoms with Crippen molar-refractivity contribution in [1.82, 2.24) is 0 Å². The van der Waals surface area contributed by atoms with Crippen LogP contribution in [0.5, 0.6) is 0 Å². The second kappa shape index (κ2) is 4.68. The highest BCUT2D eigenvalue weighted by atomic mass is 32.1. The first-order valence-electron chi connectivity index (χ1n) is 6.49. The molecule has 21 heavy (non-hydrogen) atoms. The van der Waals surface area contributed by atoms with E-state index in [1.165, 1.54) is 16.2 Å². The van der Waals surface area contributed by atoms with E-state index in [1.54, 1.807) is 36.7 Å². The number of nitrogens with zero attached hydrogens (tertiary/aromatic N) is 1. The molecule has 6 heteroatoms. The summed E-state index contributed by atoms with van der Waals surface area (Å²) in [5.41, 5.74) is 7.23. The minimum atomic E-state index is -1.04. The zero-order chi connectivity index (χ0) is 15.2. The van der Waals surface area contributed by atoms with Gasteiger partial charge >= 0.3 is 0 Å². The van der Waals surface area contributed by atoms with Gasteiger partial charge in [0.1, 0.15) is 0 Å². The summed E-state index contributed by atoms with van der Waals surface area (Å²) in [5.74, 6) is -0.477. The molecule has 0 saturated heterocycles. The van der Waals surface area contributed by atoms with Crippen molar-refractivity contribution in [3.8, 4) is 0 Å². The topological polar surface area (TPSA) is 75.4 Å². The summed E-state index contributed by atoms with van der Waals surface area (Å²) in [6.45, 7) is 3.31. The summed E-state index contributed by atoms with van der Waals surface area (Å²) in [5, 5.41) is 6.36. The molecule has 0 aliphatic carbocycles. The Morgan fingerprint density at radius 1 is 1.24 bits per heavy atom. The van der Waals surface area contributed by atoms with Crippen LogP contribution in [-0.4, -0.2) is 17.4 Å². The summed E-state index contributed by atoms with van der Waals surface area (Å²) in [6, 6.07) is 7.21. The third-order valence-corrected chi connectivity index (χ3v) is 4.01. The Hall–Kier alpha value is -2.18. The number of benzene rings is 1. The fourth-order valence-corrected chi connectivity index (χ4v) is 3.03. The Morgan fingerprint density at radius 3 is 2.67 bits per heavy atom. The highest BCUT2D eigenvalue weighted by Gasteiger charge is 2.35. The van der Waals surface area contributed by atoms with Gasteiger partial charge < -0.3 is 11.1 Å². The van der Waals surface area contributed by atoms with Crippen LogP contribution in [0, 0.1) is 0 Å². The number of nitrogens with one attached hydrogen (secondary N) is 1. The number of nitrogens with two attached hydrogens (primary N) is 1. The maximum absolute atomic E-state index is 12.8. The fourth-order valence-electron chi connectivity index (χ4n) is 2.23. The Labute approximate surface area is 126 Å². The first-order valence-corrected chi connectivity index (χ1v) is 7.44. The van der Waals surface area contributed by atoms with Crippen LogP contribution >= 0.6 is 11.3 Å². The number of thiophene rings is 1. The molecule has 5 nitrogen and oxygen atoms in total. The minimum absolute atomic E-state index is 0.219. The standard InChI is InChI=1S/C15H15N3O2S/c1-15(2,16)14(20)18-11-6-4-3-5-10(11)17-13(19)9-7-21-8-12(9)18/h3-8H,16H2,1-2H3,(H,17,19). The molecule has 0 saturated carbocycles. The second-order valence-corrected chi connectivity index (χ2v) is 6.25. The van der Waals surface area contributed by atoms with Gasteiger partial charge in [-0.15, -0.1) is 11.3 Å². The fraction of sp³-hybridized carbons (Fsp3) is 0.200. The van der Waals surface area contributed by atoms with Gasteiger partial charge in [-0.05, 0) is 26.0 Å². The molecule has 0 bridgehead atoms. The quantitative estimate of drug-likeness (QED) is 0.850. The zero-order valence-corrected chi connectivity index (χ0v) is 12.5. The highest BCUT2D eigenvalue weighted by molar-refractivity contribution is 7.08. The van der Waals surface area contributed by atoms with Crippen LogP contribution in [0.4, 0.5) is 17.1 Å². The number of fused-ring (bicyclic) bond motifs is 2. The molecule has 0 radical (unpaired) electrons. The number of amides is 2. The predicted molar refractivity (Wildman–Crippen MR) is 84.1 cm³/mol. The van der Waals surface area contributed by atoms with Gasteiger partial charge in [-0.25, -0.2) is 0 Å². The Kier molecular flexibility index (Phi) is 3.07. The normalized spacial score (nSPS) is 14.0. The molecule has 0 atom stereocenters. The first-order chi connectivity index (χ1) is 9.89. The minimum Gasteiger partial charge on any atom is -0.320 e. The van der Waals surface area contributed by atoms with Crippen molar-refractivity contribution in [2.24, 2.45) is 5.73 Å². The van der Waals surface area contributed by atoms with Crippen LogP contribution < -0.4 is 16.0 Å². The van der Waals surface area contributed by atoms with Crippen molar-refractivity contribution in [2.45, 2.75) is 19.4 Å². The monoisotopic (exact) mass is 301 g/mol. The molecule has 1 aliphatic heterocycles. The average molecular weight is 301 g/mol. The average Bonchev–Trinajstić information content (AvgIpc) is 2.85. The lowest BCUT2D eigenvalue weighted by molar-refractivity contribution is -0.121. The van der Waals surface area contributed by atoms with Crippen LogP contribution in [0.1, 0.15) is 24.2 Å². The van der Waals surface area contributed by atoms with E-state index in [9.17, 15) is 9.59 Å². The number of anilines is 3. The van der Waals surface area contributed by atoms with Crippen LogP contribution in [0.25, 0.3) is 0 Å². The molecule has 2 heterocycles. The molecular formula is C15H15N3O2S. The molecule has 108 valence electrons. The van der Waals surface area contributed by atoms with Gasteiger partial charge in [-0.1, -0.05) is 12.1 Å². The van der Waals surface area contributed by atoms with Gasteiger partial charge in [0.25, 0.3) is 11.8 Å². The summed E-state index contributed by atoms with van der Waals surface area (Å²) in [7, 11) is 0. The van der Waals surface area contributed by atoms with Gasteiger partial charge in [0, 0.05) is 10.8 Å². The lowest BCUT2D eigenvalue weighted by Gasteiger charge is -2.29. The molecule has 1 aliphatic rings. The summed E-state index contributed by atoms with van der Waals surface area (Å²) >= 11 is 1.38. The number of para-hydroxylation sites is 2. The van der Waals surface area contributed by atoms with Crippen molar-refractivity contribution in [3.63, 3.8) is 0 Å². The number of hydrogen-bond donors (Lipinski definition) is 2. The molecule has 3 N–H and O–H groups in total. The Morgan fingerprint density at radius 2 is 1.95 bits per heavy atom. The van der Waals surface area contributed by atoms with Crippen molar-refractivity contribution in [1.29, 1.82) is 0 Å².